The van der Waals surface area contributed by atoms with Crippen LogP contribution in [0.15, 0.2) is 12.1 Å². The minimum atomic E-state index is 0.207. The van der Waals surface area contributed by atoms with Crippen molar-refractivity contribution in [3.05, 3.63) is 23.3 Å². The van der Waals surface area contributed by atoms with Crippen LogP contribution >= 0.6 is 0 Å². The summed E-state index contributed by atoms with van der Waals surface area (Å²) in [4.78, 5) is 0. The van der Waals surface area contributed by atoms with Crippen molar-refractivity contribution in [1.29, 1.82) is 0 Å². The average Bonchev–Trinajstić information content (AvgIpc) is 2.00. The van der Waals surface area contributed by atoms with Gasteiger partial charge in [0.25, 0.3) is 0 Å². The summed E-state index contributed by atoms with van der Waals surface area (Å²) < 4.78 is 0. The number of aryl methyl sites for hydroxylation is 2. The monoisotopic (exact) mass is 165 g/mol. The molecule has 66 valence electrons. The van der Waals surface area contributed by atoms with Gasteiger partial charge in [-0.05, 0) is 30.5 Å². The Hall–Kier alpha value is -1.18. The number of phenols is 1. The number of nitrogen functional groups attached to an aromatic ring is 1. The van der Waals surface area contributed by atoms with Gasteiger partial charge in [-0.3, -0.25) is 0 Å². The SMILES string of the molecule is CCCc1cc(C)cc(O)c1N. The number of hydrogen-bond donors (Lipinski definition) is 2. The predicted octanol–water partition coefficient (Wildman–Crippen LogP) is 2.24. The van der Waals surface area contributed by atoms with Crippen molar-refractivity contribution in [2.45, 2.75) is 26.7 Å². The van der Waals surface area contributed by atoms with Crippen LogP contribution in [-0.4, -0.2) is 5.11 Å². The Bertz CT molecular complexity index is 281. The summed E-state index contributed by atoms with van der Waals surface area (Å²) >= 11 is 0. The number of hydrogen-bond acceptors (Lipinski definition) is 2. The molecule has 0 aliphatic rings. The van der Waals surface area contributed by atoms with E-state index in [1.54, 1.807) is 6.07 Å². The minimum Gasteiger partial charge on any atom is -0.506 e. The first-order valence-electron chi connectivity index (χ1n) is 4.23. The van der Waals surface area contributed by atoms with Crippen molar-refractivity contribution in [1.82, 2.24) is 0 Å². The molecule has 2 heteroatoms. The van der Waals surface area contributed by atoms with Gasteiger partial charge in [-0.25, -0.2) is 0 Å². The quantitative estimate of drug-likeness (QED) is 0.521. The van der Waals surface area contributed by atoms with Gasteiger partial charge < -0.3 is 10.8 Å². The van der Waals surface area contributed by atoms with E-state index in [0.29, 0.717) is 5.69 Å². The molecule has 0 spiro atoms. The number of rotatable bonds is 2. The fourth-order valence-corrected chi connectivity index (χ4v) is 1.33. The van der Waals surface area contributed by atoms with E-state index in [2.05, 4.69) is 6.92 Å². The lowest BCUT2D eigenvalue weighted by molar-refractivity contribution is 0.477. The maximum absolute atomic E-state index is 9.38. The van der Waals surface area contributed by atoms with Crippen molar-refractivity contribution in [3.8, 4) is 5.75 Å². The number of phenolic OH excluding ortho intramolecular Hbond substituents is 1. The third-order valence-electron chi connectivity index (χ3n) is 1.91. The van der Waals surface area contributed by atoms with Crippen LogP contribution in [0.2, 0.25) is 0 Å². The summed E-state index contributed by atoms with van der Waals surface area (Å²) in [5, 5.41) is 9.38. The Balaban J connectivity index is 3.09. The zero-order valence-corrected chi connectivity index (χ0v) is 7.59. The molecule has 1 aromatic rings. The first kappa shape index (κ1) is 8.91. The van der Waals surface area contributed by atoms with Gasteiger partial charge in [0.15, 0.2) is 0 Å². The Kier molecular flexibility index (Phi) is 2.58. The van der Waals surface area contributed by atoms with Gasteiger partial charge in [0.1, 0.15) is 5.75 Å². The maximum Gasteiger partial charge on any atom is 0.139 e. The van der Waals surface area contributed by atoms with Crippen molar-refractivity contribution in [2.24, 2.45) is 0 Å². The maximum atomic E-state index is 9.38. The van der Waals surface area contributed by atoms with Crippen LogP contribution in [0.25, 0.3) is 0 Å². The predicted molar refractivity (Wildman–Crippen MR) is 51.3 cm³/mol. The highest BCUT2D eigenvalue weighted by Crippen LogP contribution is 2.26. The highest BCUT2D eigenvalue weighted by Gasteiger charge is 2.03. The molecule has 0 aliphatic carbocycles. The second-order valence-electron chi connectivity index (χ2n) is 3.11. The van der Waals surface area contributed by atoms with Crippen LogP contribution in [0.4, 0.5) is 5.69 Å². The smallest absolute Gasteiger partial charge is 0.139 e. The van der Waals surface area contributed by atoms with Crippen molar-refractivity contribution < 1.29 is 5.11 Å². The Labute approximate surface area is 73.0 Å². The van der Waals surface area contributed by atoms with Crippen LogP contribution in [0, 0.1) is 6.92 Å². The van der Waals surface area contributed by atoms with Crippen LogP contribution in [0.3, 0.4) is 0 Å². The van der Waals surface area contributed by atoms with Gasteiger partial charge >= 0.3 is 0 Å². The van der Waals surface area contributed by atoms with E-state index >= 15 is 0 Å². The molecule has 12 heavy (non-hydrogen) atoms. The molecular formula is C10H15NO. The normalized spacial score (nSPS) is 10.2. The highest BCUT2D eigenvalue weighted by molar-refractivity contribution is 5.59. The molecule has 0 amide bonds. The molecule has 3 N–H and O–H groups in total. The minimum absolute atomic E-state index is 0.207. The lowest BCUT2D eigenvalue weighted by atomic mass is 10.0. The molecule has 0 radical (unpaired) electrons. The standard InChI is InChI=1S/C10H15NO/c1-3-4-8-5-7(2)6-9(12)10(8)11/h5-6,12H,3-4,11H2,1-2H3. The number of anilines is 1. The Morgan fingerprint density at radius 3 is 2.67 bits per heavy atom. The third-order valence-corrected chi connectivity index (χ3v) is 1.91. The van der Waals surface area contributed by atoms with E-state index < -0.39 is 0 Å². The van der Waals surface area contributed by atoms with E-state index in [0.717, 1.165) is 24.0 Å². The Morgan fingerprint density at radius 2 is 2.08 bits per heavy atom. The number of nitrogens with two attached hydrogens (primary N) is 1. The van der Waals surface area contributed by atoms with E-state index in [1.165, 1.54) is 0 Å². The molecule has 0 bridgehead atoms. The van der Waals surface area contributed by atoms with Crippen molar-refractivity contribution in [2.75, 3.05) is 5.73 Å². The summed E-state index contributed by atoms with van der Waals surface area (Å²) in [5.74, 6) is 0.207. The molecule has 0 fully saturated rings. The van der Waals surface area contributed by atoms with Gasteiger partial charge in [0.2, 0.25) is 0 Å². The highest BCUT2D eigenvalue weighted by atomic mass is 16.3. The molecule has 2 nitrogen and oxygen atoms in total. The van der Waals surface area contributed by atoms with Crippen molar-refractivity contribution in [3.63, 3.8) is 0 Å². The zero-order valence-electron chi connectivity index (χ0n) is 7.59. The fraction of sp³-hybridized carbons (Fsp3) is 0.400. The van der Waals surface area contributed by atoms with Crippen LogP contribution in [0.1, 0.15) is 24.5 Å². The lowest BCUT2D eigenvalue weighted by Gasteiger charge is -2.07. The average molecular weight is 165 g/mol. The van der Waals surface area contributed by atoms with Gasteiger partial charge in [-0.2, -0.15) is 0 Å². The first-order chi connectivity index (χ1) is 5.65. The molecule has 0 unspecified atom stereocenters. The molecule has 0 aliphatic heterocycles. The van der Waals surface area contributed by atoms with Crippen LogP contribution in [0.5, 0.6) is 5.75 Å². The molecule has 0 saturated carbocycles. The largest absolute Gasteiger partial charge is 0.506 e. The molecule has 0 atom stereocenters. The number of benzene rings is 1. The van der Waals surface area contributed by atoms with Crippen molar-refractivity contribution >= 4 is 5.69 Å². The van der Waals surface area contributed by atoms with E-state index in [9.17, 15) is 5.11 Å². The number of aromatic hydroxyl groups is 1. The summed E-state index contributed by atoms with van der Waals surface area (Å²) in [6.07, 6.45) is 1.98. The Morgan fingerprint density at radius 1 is 1.42 bits per heavy atom. The molecule has 0 aromatic heterocycles. The zero-order chi connectivity index (χ0) is 9.14. The van der Waals surface area contributed by atoms with Crippen LogP contribution in [-0.2, 0) is 6.42 Å². The van der Waals surface area contributed by atoms with E-state index in [1.807, 2.05) is 13.0 Å². The summed E-state index contributed by atoms with van der Waals surface area (Å²) in [7, 11) is 0. The summed E-state index contributed by atoms with van der Waals surface area (Å²) in [6.45, 7) is 4.05. The third kappa shape index (κ3) is 1.70. The summed E-state index contributed by atoms with van der Waals surface area (Å²) in [5.41, 5.74) is 8.33. The summed E-state index contributed by atoms with van der Waals surface area (Å²) in [6, 6.07) is 3.72. The lowest BCUT2D eigenvalue weighted by Crippen LogP contribution is -1.95. The van der Waals surface area contributed by atoms with E-state index in [4.69, 9.17) is 5.73 Å². The second kappa shape index (κ2) is 3.48. The van der Waals surface area contributed by atoms with E-state index in [-0.39, 0.29) is 5.75 Å². The molecule has 0 saturated heterocycles. The van der Waals surface area contributed by atoms with Crippen LogP contribution < -0.4 is 5.73 Å². The molecule has 1 aromatic carbocycles. The van der Waals surface area contributed by atoms with Gasteiger partial charge in [0, 0.05) is 0 Å². The van der Waals surface area contributed by atoms with Gasteiger partial charge in [-0.1, -0.05) is 19.4 Å². The second-order valence-corrected chi connectivity index (χ2v) is 3.11. The molecule has 1 rings (SSSR count). The fourth-order valence-electron chi connectivity index (χ4n) is 1.33. The van der Waals surface area contributed by atoms with Gasteiger partial charge in [0.05, 0.1) is 5.69 Å². The first-order valence-corrected chi connectivity index (χ1v) is 4.23. The molecular weight excluding hydrogens is 150 g/mol. The molecule has 0 heterocycles. The van der Waals surface area contributed by atoms with Gasteiger partial charge in [-0.15, -0.1) is 0 Å². The topological polar surface area (TPSA) is 46.2 Å².